The lowest BCUT2D eigenvalue weighted by molar-refractivity contribution is -0.900. The van der Waals surface area contributed by atoms with Crippen LogP contribution >= 0.6 is 11.6 Å². The number of carbonyl (C=O) groups excluding carboxylic acids is 2. The zero-order valence-corrected chi connectivity index (χ0v) is 16.5. The number of nitrogens with one attached hydrogen (secondary N) is 3. The lowest BCUT2D eigenvalue weighted by Crippen LogP contribution is -3.15. The van der Waals surface area contributed by atoms with E-state index in [1.807, 2.05) is 18.2 Å². The second kappa shape index (κ2) is 10.1. The van der Waals surface area contributed by atoms with Crippen LogP contribution in [0.3, 0.4) is 0 Å². The molecule has 1 heterocycles. The van der Waals surface area contributed by atoms with Crippen molar-refractivity contribution in [1.29, 1.82) is 0 Å². The third-order valence-electron chi connectivity index (χ3n) is 4.95. The Labute approximate surface area is 170 Å². The number of para-hydroxylation sites is 1. The first-order valence-electron chi connectivity index (χ1n) is 9.56. The number of hydrogen-bond donors (Lipinski definition) is 3. The number of carbonyl (C=O) groups is 2. The summed E-state index contributed by atoms with van der Waals surface area (Å²) in [6, 6.07) is 17.6. The number of hydrogen-bond acceptors (Lipinski definition) is 3. The third kappa shape index (κ3) is 5.97. The van der Waals surface area contributed by atoms with Gasteiger partial charge in [0.2, 0.25) is 11.8 Å². The Balaban J connectivity index is 1.33. The van der Waals surface area contributed by atoms with Crippen LogP contribution < -0.4 is 20.7 Å². The largest absolute Gasteiger partial charge is 0.360 e. The molecule has 0 unspecified atom stereocenters. The summed E-state index contributed by atoms with van der Waals surface area (Å²) in [5.74, 6) is -0.462. The first kappa shape index (κ1) is 20.2. The molecule has 28 heavy (non-hydrogen) atoms. The van der Waals surface area contributed by atoms with Crippen LogP contribution in [0.15, 0.2) is 54.6 Å². The molecule has 1 aliphatic heterocycles. The van der Waals surface area contributed by atoms with Crippen LogP contribution in [-0.4, -0.2) is 44.5 Å². The van der Waals surface area contributed by atoms with Gasteiger partial charge in [-0.2, -0.15) is 0 Å². The van der Waals surface area contributed by atoms with Gasteiger partial charge >= 0.3 is 0 Å². The number of nitrogens with zero attached hydrogens (tertiary/aromatic N) is 1. The zero-order valence-electron chi connectivity index (χ0n) is 15.8. The first-order chi connectivity index (χ1) is 13.6. The Hall–Kier alpha value is -2.57. The zero-order chi connectivity index (χ0) is 19.8. The Morgan fingerprint density at radius 2 is 1.57 bits per heavy atom. The average Bonchev–Trinajstić information content (AvgIpc) is 2.73. The molecular weight excluding hydrogens is 376 g/mol. The van der Waals surface area contributed by atoms with Crippen LogP contribution in [0.4, 0.5) is 5.69 Å². The van der Waals surface area contributed by atoms with Crippen molar-refractivity contribution in [3.63, 3.8) is 0 Å². The number of hydrazine groups is 1. The van der Waals surface area contributed by atoms with Gasteiger partial charge in [-0.3, -0.25) is 20.4 Å². The molecule has 0 aromatic heterocycles. The van der Waals surface area contributed by atoms with Gasteiger partial charge in [0.15, 0.2) is 0 Å². The standard InChI is InChI=1S/C21H25ClN4O2/c22-19-9-5-4-6-17(19)16-21(28)24-23-20(27)10-11-25-12-14-26(15-13-25)18-7-2-1-3-8-18/h1-9H,10-16H2,(H,23,27)(H,24,28)/p+1. The van der Waals surface area contributed by atoms with E-state index in [4.69, 9.17) is 11.6 Å². The number of halogens is 1. The monoisotopic (exact) mass is 401 g/mol. The summed E-state index contributed by atoms with van der Waals surface area (Å²) in [4.78, 5) is 27.8. The highest BCUT2D eigenvalue weighted by molar-refractivity contribution is 6.31. The summed E-state index contributed by atoms with van der Waals surface area (Å²) in [5, 5.41) is 0.544. The molecule has 3 N–H and O–H groups in total. The molecule has 0 spiro atoms. The predicted molar refractivity (Wildman–Crippen MR) is 110 cm³/mol. The van der Waals surface area contributed by atoms with Crippen LogP contribution in [0.2, 0.25) is 5.02 Å². The fourth-order valence-corrected chi connectivity index (χ4v) is 3.52. The molecule has 148 valence electrons. The summed E-state index contributed by atoms with van der Waals surface area (Å²) in [6.07, 6.45) is 0.514. The highest BCUT2D eigenvalue weighted by atomic mass is 35.5. The minimum Gasteiger partial charge on any atom is -0.360 e. The topological polar surface area (TPSA) is 65.9 Å². The molecule has 0 atom stereocenters. The third-order valence-corrected chi connectivity index (χ3v) is 5.32. The van der Waals surface area contributed by atoms with E-state index in [2.05, 4.69) is 40.0 Å². The molecule has 1 fully saturated rings. The maximum absolute atomic E-state index is 12.0. The average molecular weight is 402 g/mol. The lowest BCUT2D eigenvalue weighted by atomic mass is 10.1. The lowest BCUT2D eigenvalue weighted by Gasteiger charge is -2.33. The van der Waals surface area contributed by atoms with Crippen LogP contribution in [0.25, 0.3) is 0 Å². The van der Waals surface area contributed by atoms with Gasteiger partial charge in [0.05, 0.1) is 45.6 Å². The van der Waals surface area contributed by atoms with Gasteiger partial charge in [-0.05, 0) is 23.8 Å². The van der Waals surface area contributed by atoms with Crippen molar-refractivity contribution in [3.8, 4) is 0 Å². The minimum atomic E-state index is -0.287. The summed E-state index contributed by atoms with van der Waals surface area (Å²) in [5.41, 5.74) is 6.93. The van der Waals surface area contributed by atoms with Crippen molar-refractivity contribution in [2.45, 2.75) is 12.8 Å². The first-order valence-corrected chi connectivity index (χ1v) is 9.94. The Morgan fingerprint density at radius 3 is 2.29 bits per heavy atom. The molecule has 3 rings (SSSR count). The SMILES string of the molecule is O=C(CC[NH+]1CCN(c2ccccc2)CC1)NNC(=O)Cc1ccccc1Cl. The maximum atomic E-state index is 12.0. The van der Waals surface area contributed by atoms with Crippen molar-refractivity contribution in [3.05, 3.63) is 65.2 Å². The number of anilines is 1. The summed E-state index contributed by atoms with van der Waals surface area (Å²) >= 11 is 6.04. The molecule has 0 saturated carbocycles. The summed E-state index contributed by atoms with van der Waals surface area (Å²) in [6.45, 7) is 4.72. The van der Waals surface area contributed by atoms with E-state index in [9.17, 15) is 9.59 Å². The van der Waals surface area contributed by atoms with Crippen LogP contribution in [-0.2, 0) is 16.0 Å². The van der Waals surface area contributed by atoms with E-state index in [0.717, 1.165) is 38.3 Å². The molecule has 2 amide bonds. The fraction of sp³-hybridized carbons (Fsp3) is 0.333. The maximum Gasteiger partial charge on any atom is 0.244 e. The highest BCUT2D eigenvalue weighted by Gasteiger charge is 2.20. The number of amides is 2. The van der Waals surface area contributed by atoms with Crippen molar-refractivity contribution < 1.29 is 14.5 Å². The fourth-order valence-electron chi connectivity index (χ4n) is 3.32. The smallest absolute Gasteiger partial charge is 0.244 e. The van der Waals surface area contributed by atoms with E-state index in [-0.39, 0.29) is 18.2 Å². The second-order valence-corrected chi connectivity index (χ2v) is 7.34. The van der Waals surface area contributed by atoms with E-state index < -0.39 is 0 Å². The van der Waals surface area contributed by atoms with Crippen molar-refractivity contribution in [2.75, 3.05) is 37.6 Å². The van der Waals surface area contributed by atoms with E-state index in [1.54, 1.807) is 12.1 Å². The molecule has 2 aromatic carbocycles. The van der Waals surface area contributed by atoms with E-state index in [1.165, 1.54) is 10.6 Å². The minimum absolute atomic E-state index is 0.132. The number of benzene rings is 2. The molecule has 1 saturated heterocycles. The van der Waals surface area contributed by atoms with Gasteiger partial charge in [-0.1, -0.05) is 48.0 Å². The number of quaternary nitrogens is 1. The van der Waals surface area contributed by atoms with Crippen molar-refractivity contribution in [1.82, 2.24) is 10.9 Å². The van der Waals surface area contributed by atoms with Crippen LogP contribution in [0.5, 0.6) is 0 Å². The molecule has 7 heteroatoms. The number of rotatable bonds is 6. The van der Waals surface area contributed by atoms with Gasteiger partial charge in [-0.15, -0.1) is 0 Å². The van der Waals surface area contributed by atoms with Crippen LogP contribution in [0, 0.1) is 0 Å². The van der Waals surface area contributed by atoms with Crippen molar-refractivity contribution >= 4 is 29.1 Å². The molecule has 6 nitrogen and oxygen atoms in total. The molecule has 1 aliphatic rings. The molecule has 0 radical (unpaired) electrons. The second-order valence-electron chi connectivity index (χ2n) is 6.94. The predicted octanol–water partition coefficient (Wildman–Crippen LogP) is 0.825. The molecule has 2 aromatic rings. The van der Waals surface area contributed by atoms with Gasteiger partial charge in [-0.25, -0.2) is 0 Å². The van der Waals surface area contributed by atoms with E-state index >= 15 is 0 Å². The normalized spacial score (nSPS) is 14.5. The van der Waals surface area contributed by atoms with E-state index in [0.29, 0.717) is 11.4 Å². The highest BCUT2D eigenvalue weighted by Crippen LogP contribution is 2.15. The molecule has 0 bridgehead atoms. The Kier molecular flexibility index (Phi) is 7.28. The molecular formula is C21H26ClN4O2+. The quantitative estimate of drug-likeness (QED) is 0.628. The van der Waals surface area contributed by atoms with Crippen molar-refractivity contribution in [2.24, 2.45) is 0 Å². The summed E-state index contributed by atoms with van der Waals surface area (Å²) in [7, 11) is 0. The van der Waals surface area contributed by atoms with Gasteiger partial charge < -0.3 is 9.80 Å². The van der Waals surface area contributed by atoms with Crippen LogP contribution in [0.1, 0.15) is 12.0 Å². The Morgan fingerprint density at radius 1 is 0.929 bits per heavy atom. The summed E-state index contributed by atoms with van der Waals surface area (Å²) < 4.78 is 0. The van der Waals surface area contributed by atoms with Gasteiger partial charge in [0.25, 0.3) is 0 Å². The van der Waals surface area contributed by atoms with Gasteiger partial charge in [0.1, 0.15) is 0 Å². The molecule has 0 aliphatic carbocycles. The number of piperazine rings is 1. The Bertz CT molecular complexity index is 792. The van der Waals surface area contributed by atoms with Gasteiger partial charge in [0, 0.05) is 10.7 Å².